The minimum absolute atomic E-state index is 0.126. The van der Waals surface area contributed by atoms with E-state index in [4.69, 9.17) is 0 Å². The van der Waals surface area contributed by atoms with Gasteiger partial charge in [-0.2, -0.15) is 10.2 Å². The largest absolute Gasteiger partial charge is 0.292 e. The van der Waals surface area contributed by atoms with Gasteiger partial charge in [0.15, 0.2) is 0 Å². The number of aromatic nitrogens is 4. The van der Waals surface area contributed by atoms with Crippen LogP contribution in [0.15, 0.2) is 32.4 Å². The van der Waals surface area contributed by atoms with E-state index in [2.05, 4.69) is 26.1 Å². The van der Waals surface area contributed by atoms with Crippen molar-refractivity contribution in [1.82, 2.24) is 19.6 Å². The third kappa shape index (κ3) is 1.89. The number of nitrogens with zero attached hydrogens (tertiary/aromatic N) is 4. The summed E-state index contributed by atoms with van der Waals surface area (Å²) in [5.74, 6) is 0. The molecule has 0 aliphatic rings. The molecule has 0 fully saturated rings. The van der Waals surface area contributed by atoms with E-state index < -0.39 is 0 Å². The van der Waals surface area contributed by atoms with E-state index in [1.807, 2.05) is 11.4 Å². The molecule has 5 nitrogen and oxygen atoms in total. The Labute approximate surface area is 115 Å². The van der Waals surface area contributed by atoms with Crippen molar-refractivity contribution >= 4 is 38.2 Å². The van der Waals surface area contributed by atoms with Crippen molar-refractivity contribution < 1.29 is 0 Å². The van der Waals surface area contributed by atoms with Gasteiger partial charge in [0.25, 0.3) is 5.56 Å². The van der Waals surface area contributed by atoms with Crippen LogP contribution in [-0.4, -0.2) is 19.6 Å². The number of rotatable bonds is 2. The fourth-order valence-electron chi connectivity index (χ4n) is 1.80. The zero-order valence-electron chi connectivity index (χ0n) is 9.50. The maximum absolute atomic E-state index is 12.0. The minimum Gasteiger partial charge on any atom is -0.265 e. The zero-order valence-corrected chi connectivity index (χ0v) is 11.9. The summed E-state index contributed by atoms with van der Waals surface area (Å²) < 4.78 is 4.11. The Morgan fingerprint density at radius 3 is 2.89 bits per heavy atom. The van der Waals surface area contributed by atoms with Gasteiger partial charge in [0.1, 0.15) is 5.52 Å². The third-order valence-corrected chi connectivity index (χ3v) is 4.24. The molecule has 3 heterocycles. The van der Waals surface area contributed by atoms with Gasteiger partial charge in [0, 0.05) is 12.4 Å². The average Bonchev–Trinajstić information content (AvgIpc) is 2.92. The summed E-state index contributed by atoms with van der Waals surface area (Å²) in [5, 5.41) is 11.0. The molecule has 3 rings (SSSR count). The molecular formula is C11H9BrN4OS. The van der Waals surface area contributed by atoms with E-state index in [0.29, 0.717) is 12.1 Å². The molecular weight excluding hydrogens is 316 g/mol. The lowest BCUT2D eigenvalue weighted by Gasteiger charge is -2.01. The first kappa shape index (κ1) is 11.6. The summed E-state index contributed by atoms with van der Waals surface area (Å²) in [5.41, 5.74) is 1.59. The predicted octanol–water partition coefficient (Wildman–Crippen LogP) is 2.00. The lowest BCUT2D eigenvalue weighted by atomic mass is 10.3. The second-order valence-electron chi connectivity index (χ2n) is 3.94. The Kier molecular flexibility index (Phi) is 2.79. The first-order valence-electron chi connectivity index (χ1n) is 5.26. The summed E-state index contributed by atoms with van der Waals surface area (Å²) in [4.78, 5) is 12.0. The molecule has 0 spiro atoms. The van der Waals surface area contributed by atoms with E-state index in [1.165, 1.54) is 4.68 Å². The molecule has 18 heavy (non-hydrogen) atoms. The van der Waals surface area contributed by atoms with Gasteiger partial charge in [0.05, 0.1) is 22.7 Å². The van der Waals surface area contributed by atoms with Gasteiger partial charge in [-0.15, -0.1) is 11.3 Å². The normalized spacial score (nSPS) is 11.2. The first-order chi connectivity index (χ1) is 8.65. The fraction of sp³-hybridized carbons (Fsp3) is 0.182. The van der Waals surface area contributed by atoms with Crippen LogP contribution in [0.1, 0.15) is 5.56 Å². The van der Waals surface area contributed by atoms with Crippen molar-refractivity contribution in [3.05, 3.63) is 43.5 Å². The SMILES string of the molecule is Cn1ncc2cnn(Cc3csc(Br)c3)c2c1=O. The highest BCUT2D eigenvalue weighted by Crippen LogP contribution is 2.21. The van der Waals surface area contributed by atoms with Crippen LogP contribution in [0.4, 0.5) is 0 Å². The van der Waals surface area contributed by atoms with Crippen molar-refractivity contribution in [1.29, 1.82) is 0 Å². The van der Waals surface area contributed by atoms with E-state index in [1.54, 1.807) is 35.5 Å². The number of fused-ring (bicyclic) bond motifs is 1. The van der Waals surface area contributed by atoms with E-state index in [0.717, 1.165) is 14.7 Å². The maximum Gasteiger partial charge on any atom is 0.292 e. The van der Waals surface area contributed by atoms with E-state index >= 15 is 0 Å². The molecule has 0 radical (unpaired) electrons. The number of hydrogen-bond donors (Lipinski definition) is 0. The van der Waals surface area contributed by atoms with Crippen LogP contribution < -0.4 is 5.56 Å². The number of halogens is 1. The van der Waals surface area contributed by atoms with Crippen LogP contribution in [0.3, 0.4) is 0 Å². The molecule has 0 atom stereocenters. The highest BCUT2D eigenvalue weighted by atomic mass is 79.9. The van der Waals surface area contributed by atoms with Crippen LogP contribution in [0, 0.1) is 0 Å². The van der Waals surface area contributed by atoms with E-state index in [9.17, 15) is 4.79 Å². The Morgan fingerprint density at radius 2 is 2.17 bits per heavy atom. The summed E-state index contributed by atoms with van der Waals surface area (Å²) in [6.45, 7) is 0.588. The molecule has 0 amide bonds. The number of aryl methyl sites for hydroxylation is 1. The molecule has 0 N–H and O–H groups in total. The van der Waals surface area contributed by atoms with Crippen molar-refractivity contribution in [3.8, 4) is 0 Å². The standard InChI is InChI=1S/C11H9BrN4OS/c1-15-11(17)10-8(3-13-15)4-14-16(10)5-7-2-9(12)18-6-7/h2-4,6H,5H2,1H3. The lowest BCUT2D eigenvalue weighted by molar-refractivity contribution is 0.681. The van der Waals surface area contributed by atoms with Crippen LogP contribution in [-0.2, 0) is 13.6 Å². The summed E-state index contributed by atoms with van der Waals surface area (Å²) in [7, 11) is 1.64. The summed E-state index contributed by atoms with van der Waals surface area (Å²) in [6.07, 6.45) is 3.33. The maximum atomic E-state index is 12.0. The highest BCUT2D eigenvalue weighted by molar-refractivity contribution is 9.11. The van der Waals surface area contributed by atoms with Gasteiger partial charge >= 0.3 is 0 Å². The van der Waals surface area contributed by atoms with Gasteiger partial charge in [-0.1, -0.05) is 0 Å². The minimum atomic E-state index is -0.126. The average molecular weight is 325 g/mol. The Morgan fingerprint density at radius 1 is 1.39 bits per heavy atom. The van der Waals surface area contributed by atoms with Gasteiger partial charge < -0.3 is 0 Å². The van der Waals surface area contributed by atoms with E-state index in [-0.39, 0.29) is 5.56 Å². The zero-order chi connectivity index (χ0) is 12.7. The summed E-state index contributed by atoms with van der Waals surface area (Å²) in [6, 6.07) is 2.03. The van der Waals surface area contributed by atoms with Gasteiger partial charge in [-0.3, -0.25) is 9.48 Å². The van der Waals surface area contributed by atoms with Crippen molar-refractivity contribution in [2.45, 2.75) is 6.54 Å². The monoisotopic (exact) mass is 324 g/mol. The Balaban J connectivity index is 2.12. The smallest absolute Gasteiger partial charge is 0.265 e. The van der Waals surface area contributed by atoms with Crippen LogP contribution in [0.25, 0.3) is 10.9 Å². The molecule has 7 heteroatoms. The highest BCUT2D eigenvalue weighted by Gasteiger charge is 2.09. The molecule has 0 aromatic carbocycles. The molecule has 0 unspecified atom stereocenters. The Hall–Kier alpha value is -1.47. The van der Waals surface area contributed by atoms with Crippen LogP contribution >= 0.6 is 27.3 Å². The third-order valence-electron chi connectivity index (χ3n) is 2.69. The lowest BCUT2D eigenvalue weighted by Crippen LogP contribution is -2.21. The molecule has 3 aromatic heterocycles. The molecule has 0 saturated carbocycles. The molecule has 3 aromatic rings. The van der Waals surface area contributed by atoms with Crippen LogP contribution in [0.5, 0.6) is 0 Å². The second kappa shape index (κ2) is 4.33. The topological polar surface area (TPSA) is 52.7 Å². The van der Waals surface area contributed by atoms with Gasteiger partial charge in [-0.25, -0.2) is 4.68 Å². The molecule has 0 bridgehead atoms. The van der Waals surface area contributed by atoms with Gasteiger partial charge in [-0.05, 0) is 32.9 Å². The number of thiophene rings is 1. The quantitative estimate of drug-likeness (QED) is 0.724. The molecule has 0 saturated heterocycles. The van der Waals surface area contributed by atoms with Gasteiger partial charge in [0.2, 0.25) is 0 Å². The number of hydrogen-bond acceptors (Lipinski definition) is 4. The Bertz CT molecular complexity index is 773. The van der Waals surface area contributed by atoms with Crippen molar-refractivity contribution in [2.75, 3.05) is 0 Å². The second-order valence-corrected chi connectivity index (χ2v) is 6.23. The first-order valence-corrected chi connectivity index (χ1v) is 6.93. The summed E-state index contributed by atoms with van der Waals surface area (Å²) >= 11 is 5.04. The molecule has 0 aliphatic carbocycles. The fourth-order valence-corrected chi connectivity index (χ4v) is 3.00. The van der Waals surface area contributed by atoms with Crippen molar-refractivity contribution in [2.24, 2.45) is 7.05 Å². The van der Waals surface area contributed by atoms with Crippen LogP contribution in [0.2, 0.25) is 0 Å². The van der Waals surface area contributed by atoms with Crippen molar-refractivity contribution in [3.63, 3.8) is 0 Å². The predicted molar refractivity (Wildman–Crippen MR) is 73.9 cm³/mol. The molecule has 92 valence electrons. The molecule has 0 aliphatic heterocycles.